The van der Waals surface area contributed by atoms with Crippen LogP contribution in [-0.4, -0.2) is 35.1 Å². The monoisotopic (exact) mass is 514 g/mol. The molecule has 0 spiro atoms. The molecular formula is C24H23ClN4O3S2. The van der Waals surface area contributed by atoms with E-state index < -0.39 is 5.91 Å². The maximum atomic E-state index is 12.5. The van der Waals surface area contributed by atoms with Gasteiger partial charge in [-0.15, -0.1) is 22.0 Å². The van der Waals surface area contributed by atoms with Crippen molar-refractivity contribution >= 4 is 51.8 Å². The van der Waals surface area contributed by atoms with Gasteiger partial charge in [-0.3, -0.25) is 10.1 Å². The Morgan fingerprint density at radius 2 is 1.97 bits per heavy atom. The van der Waals surface area contributed by atoms with Crippen LogP contribution in [0.2, 0.25) is 5.02 Å². The average Bonchev–Trinajstić information content (AvgIpc) is 3.30. The number of benzene rings is 2. The lowest BCUT2D eigenvalue weighted by Gasteiger charge is -2.13. The Hall–Kier alpha value is -3.06. The number of anilines is 1. The summed E-state index contributed by atoms with van der Waals surface area (Å²) in [5, 5.41) is 21.9. The summed E-state index contributed by atoms with van der Waals surface area (Å²) in [6.45, 7) is 4.76. The van der Waals surface area contributed by atoms with Gasteiger partial charge >= 0.3 is 0 Å². The molecule has 34 heavy (non-hydrogen) atoms. The Kier molecular flexibility index (Phi) is 9.76. The average molecular weight is 515 g/mol. The number of nitrogens with zero attached hydrogens (tertiary/aromatic N) is 3. The van der Waals surface area contributed by atoms with Crippen molar-refractivity contribution in [1.82, 2.24) is 10.2 Å². The van der Waals surface area contributed by atoms with Crippen LogP contribution in [-0.2, 0) is 11.2 Å². The van der Waals surface area contributed by atoms with Gasteiger partial charge in [-0.2, -0.15) is 5.26 Å². The predicted molar refractivity (Wildman–Crippen MR) is 137 cm³/mol. The van der Waals surface area contributed by atoms with Crippen molar-refractivity contribution in [1.29, 1.82) is 5.26 Å². The van der Waals surface area contributed by atoms with Crippen LogP contribution in [0, 0.1) is 11.3 Å². The van der Waals surface area contributed by atoms with Crippen LogP contribution in [0.15, 0.2) is 52.9 Å². The fraction of sp³-hybridized carbons (Fsp3) is 0.250. The number of ether oxygens (including phenoxy) is 2. The molecule has 1 N–H and O–H groups in total. The van der Waals surface area contributed by atoms with Crippen LogP contribution in [0.3, 0.4) is 0 Å². The largest absolute Gasteiger partial charge is 0.490 e. The minimum Gasteiger partial charge on any atom is -0.490 e. The molecule has 3 rings (SSSR count). The summed E-state index contributed by atoms with van der Waals surface area (Å²) in [5.41, 5.74) is 0.591. The molecule has 1 aromatic heterocycles. The second-order valence-electron chi connectivity index (χ2n) is 6.77. The highest BCUT2D eigenvalue weighted by Crippen LogP contribution is 2.30. The van der Waals surface area contributed by atoms with Crippen LogP contribution in [0.4, 0.5) is 5.13 Å². The topological polar surface area (TPSA) is 97.1 Å². The summed E-state index contributed by atoms with van der Waals surface area (Å²) in [6, 6.07) is 14.9. The highest BCUT2D eigenvalue weighted by molar-refractivity contribution is 7.99. The first-order chi connectivity index (χ1) is 16.5. The number of nitrogens with one attached hydrogen (secondary N) is 1. The fourth-order valence-electron chi connectivity index (χ4n) is 2.77. The van der Waals surface area contributed by atoms with E-state index in [-0.39, 0.29) is 5.57 Å². The summed E-state index contributed by atoms with van der Waals surface area (Å²) >= 11 is 8.86. The second kappa shape index (κ2) is 13.0. The molecule has 0 radical (unpaired) electrons. The zero-order valence-electron chi connectivity index (χ0n) is 18.7. The molecular weight excluding hydrogens is 492 g/mol. The molecule has 7 nitrogen and oxygen atoms in total. The van der Waals surface area contributed by atoms with Gasteiger partial charge in [0.1, 0.15) is 16.6 Å². The second-order valence-corrected chi connectivity index (χ2v) is 9.44. The van der Waals surface area contributed by atoms with Gasteiger partial charge in [-0.25, -0.2) is 0 Å². The lowest BCUT2D eigenvalue weighted by atomic mass is 10.1. The molecule has 1 amide bonds. The lowest BCUT2D eigenvalue weighted by molar-refractivity contribution is -0.112. The number of rotatable bonds is 11. The van der Waals surface area contributed by atoms with Crippen LogP contribution in [0.1, 0.15) is 24.4 Å². The van der Waals surface area contributed by atoms with Crippen molar-refractivity contribution in [3.63, 3.8) is 0 Å². The number of thioether (sulfide) groups is 1. The number of nitriles is 1. The fourth-order valence-corrected chi connectivity index (χ4v) is 4.30. The molecule has 0 fully saturated rings. The van der Waals surface area contributed by atoms with Crippen LogP contribution < -0.4 is 14.8 Å². The van der Waals surface area contributed by atoms with E-state index in [2.05, 4.69) is 15.5 Å². The number of hydrogen-bond donors (Lipinski definition) is 1. The van der Waals surface area contributed by atoms with E-state index in [1.165, 1.54) is 17.4 Å². The van der Waals surface area contributed by atoms with Gasteiger partial charge in [0.25, 0.3) is 5.91 Å². The van der Waals surface area contributed by atoms with Crippen LogP contribution in [0.25, 0.3) is 6.08 Å². The normalized spacial score (nSPS) is 11.1. The third-order valence-electron chi connectivity index (χ3n) is 4.36. The number of carbonyl (C=O) groups is 1. The Morgan fingerprint density at radius 1 is 1.18 bits per heavy atom. The maximum absolute atomic E-state index is 12.5. The molecule has 3 aromatic rings. The molecule has 1 heterocycles. The summed E-state index contributed by atoms with van der Waals surface area (Å²) in [4.78, 5) is 13.6. The Labute approximate surface area is 211 Å². The molecule has 0 saturated carbocycles. The SMILES string of the molecule is CCOc1cc(C=C(C#N)C(=O)Nc2nnc(CC)s2)ccc1OCCSc1ccc(Cl)cc1. The van der Waals surface area contributed by atoms with E-state index in [9.17, 15) is 10.1 Å². The van der Waals surface area contributed by atoms with E-state index in [1.54, 1.807) is 30.0 Å². The Morgan fingerprint density at radius 3 is 2.65 bits per heavy atom. The molecule has 176 valence electrons. The first-order valence-corrected chi connectivity index (χ1v) is 12.7. The Bertz CT molecular complexity index is 1190. The molecule has 0 atom stereocenters. The minimum absolute atomic E-state index is 0.0521. The van der Waals surface area contributed by atoms with Crippen molar-refractivity contribution in [2.24, 2.45) is 0 Å². The molecule has 2 aromatic carbocycles. The first kappa shape index (κ1) is 25.6. The number of aromatic nitrogens is 2. The first-order valence-electron chi connectivity index (χ1n) is 10.6. The molecule has 0 aliphatic rings. The maximum Gasteiger partial charge on any atom is 0.268 e. The molecule has 0 unspecified atom stereocenters. The zero-order chi connectivity index (χ0) is 24.3. The van der Waals surface area contributed by atoms with Crippen LogP contribution in [0.5, 0.6) is 11.5 Å². The van der Waals surface area contributed by atoms with Gasteiger partial charge in [0.2, 0.25) is 5.13 Å². The van der Waals surface area contributed by atoms with Crippen LogP contribution >= 0.6 is 34.7 Å². The number of carbonyl (C=O) groups excluding carboxylic acids is 1. The van der Waals surface area contributed by atoms with E-state index in [4.69, 9.17) is 21.1 Å². The number of hydrogen-bond acceptors (Lipinski definition) is 8. The van der Waals surface area contributed by atoms with Gasteiger partial charge in [-0.1, -0.05) is 35.9 Å². The Balaban J connectivity index is 1.65. The van der Waals surface area contributed by atoms with E-state index in [0.717, 1.165) is 22.1 Å². The molecule has 0 bridgehead atoms. The highest BCUT2D eigenvalue weighted by atomic mass is 35.5. The molecule has 0 aliphatic carbocycles. The zero-order valence-corrected chi connectivity index (χ0v) is 21.1. The smallest absolute Gasteiger partial charge is 0.268 e. The van der Waals surface area contributed by atoms with Crippen molar-refractivity contribution in [3.8, 4) is 17.6 Å². The van der Waals surface area contributed by atoms with Crippen molar-refractivity contribution < 1.29 is 14.3 Å². The third kappa shape index (κ3) is 7.48. The molecule has 10 heteroatoms. The summed E-state index contributed by atoms with van der Waals surface area (Å²) in [6.07, 6.45) is 2.22. The summed E-state index contributed by atoms with van der Waals surface area (Å²) < 4.78 is 11.6. The van der Waals surface area contributed by atoms with Crippen molar-refractivity contribution in [3.05, 3.63) is 63.6 Å². The third-order valence-corrected chi connectivity index (χ3v) is 6.57. The highest BCUT2D eigenvalue weighted by Gasteiger charge is 2.14. The quantitative estimate of drug-likeness (QED) is 0.148. The van der Waals surface area contributed by atoms with Gasteiger partial charge in [-0.05, 0) is 61.4 Å². The summed E-state index contributed by atoms with van der Waals surface area (Å²) in [7, 11) is 0. The summed E-state index contributed by atoms with van der Waals surface area (Å²) in [5.74, 6) is 1.35. The minimum atomic E-state index is -0.543. The predicted octanol–water partition coefficient (Wildman–Crippen LogP) is 5.87. The van der Waals surface area contributed by atoms with E-state index in [0.29, 0.717) is 40.4 Å². The number of amides is 1. The van der Waals surface area contributed by atoms with Crippen molar-refractivity contribution in [2.45, 2.75) is 25.2 Å². The lowest BCUT2D eigenvalue weighted by Crippen LogP contribution is -2.13. The van der Waals surface area contributed by atoms with Gasteiger partial charge < -0.3 is 9.47 Å². The van der Waals surface area contributed by atoms with Gasteiger partial charge in [0.05, 0.1) is 13.2 Å². The molecule has 0 saturated heterocycles. The number of aryl methyl sites for hydroxylation is 1. The van der Waals surface area contributed by atoms with E-state index >= 15 is 0 Å². The van der Waals surface area contributed by atoms with Gasteiger partial charge in [0.15, 0.2) is 11.5 Å². The number of halogens is 1. The standard InChI is InChI=1S/C24H23ClN4O3S2/c1-3-22-28-29-24(34-22)27-23(30)17(15-26)13-16-5-10-20(21(14-16)31-4-2)32-11-12-33-19-8-6-18(25)7-9-19/h5-10,13-14H,3-4,11-12H2,1-2H3,(H,27,29,30). The molecule has 0 aliphatic heterocycles. The van der Waals surface area contributed by atoms with Gasteiger partial charge in [0, 0.05) is 15.7 Å². The van der Waals surface area contributed by atoms with Crippen molar-refractivity contribution in [2.75, 3.05) is 24.3 Å². The van der Waals surface area contributed by atoms with E-state index in [1.807, 2.05) is 44.2 Å².